The molecule has 0 saturated heterocycles. The van der Waals surface area contributed by atoms with Crippen molar-refractivity contribution in [2.75, 3.05) is 23.9 Å². The first-order valence-corrected chi connectivity index (χ1v) is 7.50. The number of halogens is 1. The van der Waals surface area contributed by atoms with Gasteiger partial charge in [-0.25, -0.2) is 14.0 Å². The molecule has 2 amide bonds. The average Bonchev–Trinajstić information content (AvgIpc) is 2.40. The van der Waals surface area contributed by atoms with Gasteiger partial charge in [-0.3, -0.25) is 0 Å². The lowest BCUT2D eigenvalue weighted by atomic mass is 10.2. The van der Waals surface area contributed by atoms with E-state index in [1.807, 2.05) is 6.26 Å². The van der Waals surface area contributed by atoms with Crippen molar-refractivity contribution < 1.29 is 19.1 Å². The molecule has 0 unspecified atom stereocenters. The molecular formula is C13H17FN2O3S. The fourth-order valence-corrected chi connectivity index (χ4v) is 2.01. The molecule has 1 aromatic rings. The molecule has 0 fully saturated rings. The average molecular weight is 300 g/mol. The molecule has 1 aromatic carbocycles. The fraction of sp³-hybridized carbons (Fsp3) is 0.385. The standard InChI is InChI=1S/C13H17FN2O3S/c1-20-7-3-2-6-15-13(19)16-9-4-5-11(14)10(8-9)12(17)18/h4-5,8H,2-3,6-7H2,1H3,(H,17,18)(H2,15,16,19). The second kappa shape index (κ2) is 8.42. The molecule has 3 N–H and O–H groups in total. The Morgan fingerprint density at radius 2 is 2.10 bits per heavy atom. The summed E-state index contributed by atoms with van der Waals surface area (Å²) in [6.45, 7) is 0.541. The Balaban J connectivity index is 2.46. The lowest BCUT2D eigenvalue weighted by molar-refractivity contribution is 0.0692. The Morgan fingerprint density at radius 3 is 2.75 bits per heavy atom. The molecule has 0 radical (unpaired) electrons. The van der Waals surface area contributed by atoms with Gasteiger partial charge in [0, 0.05) is 12.2 Å². The fourth-order valence-electron chi connectivity index (χ4n) is 1.52. The summed E-state index contributed by atoms with van der Waals surface area (Å²) in [5, 5.41) is 13.9. The highest BCUT2D eigenvalue weighted by atomic mass is 32.2. The summed E-state index contributed by atoms with van der Waals surface area (Å²) in [7, 11) is 0. The van der Waals surface area contributed by atoms with Crippen molar-refractivity contribution in [1.29, 1.82) is 0 Å². The third-order valence-corrected chi connectivity index (χ3v) is 3.21. The van der Waals surface area contributed by atoms with E-state index in [0.29, 0.717) is 6.54 Å². The molecular weight excluding hydrogens is 283 g/mol. The zero-order valence-corrected chi connectivity index (χ0v) is 11.9. The van der Waals surface area contributed by atoms with Gasteiger partial charge in [0.1, 0.15) is 5.82 Å². The van der Waals surface area contributed by atoms with E-state index in [1.165, 1.54) is 6.07 Å². The zero-order chi connectivity index (χ0) is 15.0. The van der Waals surface area contributed by atoms with E-state index in [-0.39, 0.29) is 5.69 Å². The van der Waals surface area contributed by atoms with Gasteiger partial charge in [0.2, 0.25) is 0 Å². The summed E-state index contributed by atoms with van der Waals surface area (Å²) >= 11 is 1.75. The van der Waals surface area contributed by atoms with Crippen LogP contribution in [0.25, 0.3) is 0 Å². The Kier molecular flexibility index (Phi) is 6.86. The summed E-state index contributed by atoms with van der Waals surface area (Å²) in [5.74, 6) is -1.16. The van der Waals surface area contributed by atoms with Gasteiger partial charge in [-0.2, -0.15) is 11.8 Å². The summed E-state index contributed by atoms with van der Waals surface area (Å²) in [5.41, 5.74) is -0.229. The van der Waals surface area contributed by atoms with Crippen molar-refractivity contribution in [2.24, 2.45) is 0 Å². The molecule has 0 aliphatic rings. The van der Waals surface area contributed by atoms with E-state index in [4.69, 9.17) is 5.11 Å². The molecule has 1 rings (SSSR count). The third-order valence-electron chi connectivity index (χ3n) is 2.52. The van der Waals surface area contributed by atoms with Crippen LogP contribution in [0.3, 0.4) is 0 Å². The maximum absolute atomic E-state index is 13.2. The maximum Gasteiger partial charge on any atom is 0.338 e. The predicted molar refractivity (Wildman–Crippen MR) is 78.0 cm³/mol. The van der Waals surface area contributed by atoms with Crippen LogP contribution >= 0.6 is 11.8 Å². The number of anilines is 1. The number of benzene rings is 1. The van der Waals surface area contributed by atoms with Crippen LogP contribution in [0.2, 0.25) is 0 Å². The smallest absolute Gasteiger partial charge is 0.338 e. The maximum atomic E-state index is 13.2. The number of aromatic carboxylic acids is 1. The second-order valence-electron chi connectivity index (χ2n) is 4.08. The van der Waals surface area contributed by atoms with Gasteiger partial charge in [0.25, 0.3) is 0 Å². The topological polar surface area (TPSA) is 78.4 Å². The first-order chi connectivity index (χ1) is 9.54. The van der Waals surface area contributed by atoms with Gasteiger partial charge in [-0.15, -0.1) is 0 Å². The minimum Gasteiger partial charge on any atom is -0.478 e. The van der Waals surface area contributed by atoms with Gasteiger partial charge in [-0.1, -0.05) is 0 Å². The van der Waals surface area contributed by atoms with Gasteiger partial charge < -0.3 is 15.7 Å². The van der Waals surface area contributed by atoms with Crippen molar-refractivity contribution in [2.45, 2.75) is 12.8 Å². The number of amides is 2. The van der Waals surface area contributed by atoms with E-state index >= 15 is 0 Å². The summed E-state index contributed by atoms with van der Waals surface area (Å²) in [6, 6.07) is 2.98. The number of hydrogen-bond acceptors (Lipinski definition) is 3. The van der Waals surface area contributed by atoms with Crippen LogP contribution in [-0.2, 0) is 0 Å². The van der Waals surface area contributed by atoms with Gasteiger partial charge >= 0.3 is 12.0 Å². The predicted octanol–water partition coefficient (Wildman–Crippen LogP) is 2.79. The van der Waals surface area contributed by atoms with Gasteiger partial charge in [0.05, 0.1) is 5.56 Å². The van der Waals surface area contributed by atoms with Crippen molar-refractivity contribution >= 4 is 29.4 Å². The SMILES string of the molecule is CSCCCCNC(=O)Nc1ccc(F)c(C(=O)O)c1. The highest BCUT2D eigenvalue weighted by Crippen LogP contribution is 2.14. The normalized spacial score (nSPS) is 10.1. The molecule has 5 nitrogen and oxygen atoms in total. The lowest BCUT2D eigenvalue weighted by Gasteiger charge is -2.08. The Labute approximate surface area is 120 Å². The first kappa shape index (κ1) is 16.3. The lowest BCUT2D eigenvalue weighted by Crippen LogP contribution is -2.29. The number of rotatable bonds is 7. The van der Waals surface area contributed by atoms with Crippen LogP contribution in [0, 0.1) is 5.82 Å². The van der Waals surface area contributed by atoms with Crippen molar-refractivity contribution in [3.63, 3.8) is 0 Å². The molecule has 7 heteroatoms. The minimum atomic E-state index is -1.37. The highest BCUT2D eigenvalue weighted by Gasteiger charge is 2.11. The van der Waals surface area contributed by atoms with Crippen molar-refractivity contribution in [3.8, 4) is 0 Å². The van der Waals surface area contributed by atoms with E-state index in [2.05, 4.69) is 10.6 Å². The second-order valence-corrected chi connectivity index (χ2v) is 5.07. The Morgan fingerprint density at radius 1 is 1.35 bits per heavy atom. The van der Waals surface area contributed by atoms with Crippen LogP contribution in [0.5, 0.6) is 0 Å². The minimum absolute atomic E-state index is 0.241. The summed E-state index contributed by atoms with van der Waals surface area (Å²) in [4.78, 5) is 22.3. The number of carboxylic acid groups (broad SMARTS) is 1. The van der Waals surface area contributed by atoms with Crippen LogP contribution < -0.4 is 10.6 Å². The van der Waals surface area contributed by atoms with E-state index in [0.717, 1.165) is 30.7 Å². The van der Waals surface area contributed by atoms with Crippen molar-refractivity contribution in [3.05, 3.63) is 29.6 Å². The third kappa shape index (κ3) is 5.48. The molecule has 0 atom stereocenters. The number of thioether (sulfide) groups is 1. The molecule has 0 heterocycles. The molecule has 0 spiro atoms. The molecule has 0 bridgehead atoms. The Bertz CT molecular complexity index is 483. The first-order valence-electron chi connectivity index (χ1n) is 6.11. The molecule has 0 aromatic heterocycles. The molecule has 110 valence electrons. The number of carbonyl (C=O) groups excluding carboxylic acids is 1. The number of unbranched alkanes of at least 4 members (excludes halogenated alkanes) is 1. The van der Waals surface area contributed by atoms with Crippen LogP contribution in [0.4, 0.5) is 14.9 Å². The van der Waals surface area contributed by atoms with Gasteiger partial charge in [0.15, 0.2) is 0 Å². The molecule has 20 heavy (non-hydrogen) atoms. The number of nitrogens with one attached hydrogen (secondary N) is 2. The summed E-state index contributed by atoms with van der Waals surface area (Å²) in [6.07, 6.45) is 3.91. The van der Waals surface area contributed by atoms with E-state index < -0.39 is 23.4 Å². The molecule has 0 aliphatic heterocycles. The molecule has 0 aliphatic carbocycles. The van der Waals surface area contributed by atoms with Gasteiger partial charge in [-0.05, 0) is 43.0 Å². The number of hydrogen-bond donors (Lipinski definition) is 3. The number of carboxylic acids is 1. The largest absolute Gasteiger partial charge is 0.478 e. The zero-order valence-electron chi connectivity index (χ0n) is 11.1. The summed E-state index contributed by atoms with van der Waals surface area (Å²) < 4.78 is 13.2. The van der Waals surface area contributed by atoms with E-state index in [1.54, 1.807) is 11.8 Å². The molecule has 0 saturated carbocycles. The van der Waals surface area contributed by atoms with Crippen molar-refractivity contribution in [1.82, 2.24) is 5.32 Å². The van der Waals surface area contributed by atoms with Crippen LogP contribution in [0.1, 0.15) is 23.2 Å². The monoisotopic (exact) mass is 300 g/mol. The quantitative estimate of drug-likeness (QED) is 0.677. The number of urea groups is 1. The number of carbonyl (C=O) groups is 2. The Hall–Kier alpha value is -1.76. The van der Waals surface area contributed by atoms with Crippen LogP contribution in [-0.4, -0.2) is 35.7 Å². The highest BCUT2D eigenvalue weighted by molar-refractivity contribution is 7.98. The van der Waals surface area contributed by atoms with Crippen LogP contribution in [0.15, 0.2) is 18.2 Å². The van der Waals surface area contributed by atoms with E-state index in [9.17, 15) is 14.0 Å².